The summed E-state index contributed by atoms with van der Waals surface area (Å²) >= 11 is 0. The molecular weight excluding hydrogens is 171 g/mol. The van der Waals surface area contributed by atoms with Gasteiger partial charge >= 0.3 is 0 Å². The first-order chi connectivity index (χ1) is 6.26. The summed E-state index contributed by atoms with van der Waals surface area (Å²) in [5.74, 6) is -0.478. The molecule has 3 heteroatoms. The van der Waals surface area contributed by atoms with Crippen molar-refractivity contribution in [2.45, 2.75) is 6.42 Å². The Labute approximate surface area is 76.6 Å². The molecular formula is C10H13FO2. The Morgan fingerprint density at radius 3 is 2.46 bits per heavy atom. The fraction of sp³-hybridized carbons (Fsp3) is 0.400. The summed E-state index contributed by atoms with van der Waals surface area (Å²) in [7, 11) is 0. The molecule has 0 saturated carbocycles. The molecule has 0 aromatic heterocycles. The van der Waals surface area contributed by atoms with Crippen LogP contribution < -0.4 is 0 Å². The Bertz CT molecular complexity index is 259. The molecule has 0 atom stereocenters. The van der Waals surface area contributed by atoms with Gasteiger partial charge in [0, 0.05) is 19.1 Å². The quantitative estimate of drug-likeness (QED) is 0.732. The first kappa shape index (κ1) is 10.2. The molecule has 0 aliphatic carbocycles. The lowest BCUT2D eigenvalue weighted by Crippen LogP contribution is -2.13. The van der Waals surface area contributed by atoms with E-state index in [1.54, 1.807) is 12.1 Å². The highest BCUT2D eigenvalue weighted by Crippen LogP contribution is 2.09. The zero-order valence-corrected chi connectivity index (χ0v) is 7.28. The van der Waals surface area contributed by atoms with E-state index in [-0.39, 0.29) is 24.9 Å². The fourth-order valence-corrected chi connectivity index (χ4v) is 1.18. The second kappa shape index (κ2) is 4.94. The van der Waals surface area contributed by atoms with Gasteiger partial charge in [0.25, 0.3) is 0 Å². The van der Waals surface area contributed by atoms with Gasteiger partial charge in [-0.1, -0.05) is 12.1 Å². The normalized spacial score (nSPS) is 10.8. The van der Waals surface area contributed by atoms with Crippen molar-refractivity contribution in [1.29, 1.82) is 0 Å². The summed E-state index contributed by atoms with van der Waals surface area (Å²) in [4.78, 5) is 0. The van der Waals surface area contributed by atoms with Gasteiger partial charge in [-0.3, -0.25) is 0 Å². The number of hydrogen-bond acceptors (Lipinski definition) is 2. The van der Waals surface area contributed by atoms with E-state index in [0.717, 1.165) is 5.56 Å². The highest BCUT2D eigenvalue weighted by molar-refractivity contribution is 5.16. The van der Waals surface area contributed by atoms with Gasteiger partial charge in [-0.15, -0.1) is 0 Å². The van der Waals surface area contributed by atoms with Crippen LogP contribution in [-0.2, 0) is 6.42 Å². The minimum absolute atomic E-state index is 0.0764. The van der Waals surface area contributed by atoms with Gasteiger partial charge in [0.15, 0.2) is 0 Å². The summed E-state index contributed by atoms with van der Waals surface area (Å²) in [6, 6.07) is 6.19. The number of hydrogen-bond donors (Lipinski definition) is 2. The summed E-state index contributed by atoms with van der Waals surface area (Å²) in [6.45, 7) is -0.153. The molecule has 1 rings (SSSR count). The van der Waals surface area contributed by atoms with E-state index in [4.69, 9.17) is 10.2 Å². The molecule has 0 spiro atoms. The van der Waals surface area contributed by atoms with Crippen molar-refractivity contribution in [3.05, 3.63) is 35.6 Å². The third-order valence-corrected chi connectivity index (χ3v) is 1.93. The SMILES string of the molecule is OCC(CO)Cc1cccc(F)c1. The second-order valence-electron chi connectivity index (χ2n) is 3.07. The van der Waals surface area contributed by atoms with Crippen LogP contribution in [-0.4, -0.2) is 23.4 Å². The van der Waals surface area contributed by atoms with Crippen LogP contribution >= 0.6 is 0 Å². The number of benzene rings is 1. The topological polar surface area (TPSA) is 40.5 Å². The molecule has 2 N–H and O–H groups in total. The predicted molar refractivity (Wildman–Crippen MR) is 47.8 cm³/mol. The molecule has 0 radical (unpaired) electrons. The van der Waals surface area contributed by atoms with Gasteiger partial charge in [0.2, 0.25) is 0 Å². The summed E-state index contributed by atoms with van der Waals surface area (Å²) in [5.41, 5.74) is 0.799. The predicted octanol–water partition coefficient (Wildman–Crippen LogP) is 0.969. The van der Waals surface area contributed by atoms with Crippen LogP contribution in [0.4, 0.5) is 4.39 Å². The molecule has 1 aromatic carbocycles. The van der Waals surface area contributed by atoms with Crippen molar-refractivity contribution in [1.82, 2.24) is 0 Å². The highest BCUT2D eigenvalue weighted by Gasteiger charge is 2.06. The molecule has 0 aliphatic rings. The molecule has 0 unspecified atom stereocenters. The van der Waals surface area contributed by atoms with Gasteiger partial charge in [0.1, 0.15) is 5.82 Å². The third kappa shape index (κ3) is 3.13. The fourth-order valence-electron chi connectivity index (χ4n) is 1.18. The van der Waals surface area contributed by atoms with E-state index < -0.39 is 0 Å². The van der Waals surface area contributed by atoms with E-state index in [0.29, 0.717) is 6.42 Å². The highest BCUT2D eigenvalue weighted by atomic mass is 19.1. The van der Waals surface area contributed by atoms with Crippen LogP contribution in [0.1, 0.15) is 5.56 Å². The zero-order valence-electron chi connectivity index (χ0n) is 7.28. The molecule has 0 saturated heterocycles. The van der Waals surface area contributed by atoms with Gasteiger partial charge in [-0.2, -0.15) is 0 Å². The summed E-state index contributed by atoms with van der Waals surface area (Å²) in [6.07, 6.45) is 0.505. The first-order valence-electron chi connectivity index (χ1n) is 4.22. The largest absolute Gasteiger partial charge is 0.396 e. The monoisotopic (exact) mass is 184 g/mol. The van der Waals surface area contributed by atoms with Crippen molar-refractivity contribution in [2.75, 3.05) is 13.2 Å². The number of halogens is 1. The van der Waals surface area contributed by atoms with Crippen LogP contribution in [0.2, 0.25) is 0 Å². The Hall–Kier alpha value is -0.930. The standard InChI is InChI=1S/C10H13FO2/c11-10-3-1-2-8(5-10)4-9(6-12)7-13/h1-3,5,9,12-13H,4,6-7H2. The first-order valence-corrected chi connectivity index (χ1v) is 4.22. The minimum Gasteiger partial charge on any atom is -0.396 e. The number of aliphatic hydroxyl groups excluding tert-OH is 2. The molecule has 13 heavy (non-hydrogen) atoms. The Morgan fingerprint density at radius 1 is 1.23 bits per heavy atom. The van der Waals surface area contributed by atoms with Crippen molar-refractivity contribution < 1.29 is 14.6 Å². The molecule has 1 aromatic rings. The van der Waals surface area contributed by atoms with E-state index in [1.165, 1.54) is 12.1 Å². The van der Waals surface area contributed by atoms with Gasteiger partial charge in [0.05, 0.1) is 0 Å². The lowest BCUT2D eigenvalue weighted by molar-refractivity contribution is 0.150. The van der Waals surface area contributed by atoms with Gasteiger partial charge in [-0.25, -0.2) is 4.39 Å². The van der Waals surface area contributed by atoms with Crippen molar-refractivity contribution in [2.24, 2.45) is 5.92 Å². The van der Waals surface area contributed by atoms with Crippen molar-refractivity contribution in [3.63, 3.8) is 0 Å². The Balaban J connectivity index is 2.62. The summed E-state index contributed by atoms with van der Waals surface area (Å²) < 4.78 is 12.7. The molecule has 0 amide bonds. The average molecular weight is 184 g/mol. The van der Waals surface area contributed by atoms with Crippen LogP contribution in [0.15, 0.2) is 24.3 Å². The molecule has 0 heterocycles. The second-order valence-corrected chi connectivity index (χ2v) is 3.07. The molecule has 0 aliphatic heterocycles. The molecule has 0 fully saturated rings. The van der Waals surface area contributed by atoms with Crippen LogP contribution in [0.5, 0.6) is 0 Å². The third-order valence-electron chi connectivity index (χ3n) is 1.93. The lowest BCUT2D eigenvalue weighted by Gasteiger charge is -2.10. The Kier molecular flexibility index (Phi) is 3.86. The maximum atomic E-state index is 12.7. The average Bonchev–Trinajstić information content (AvgIpc) is 2.14. The Morgan fingerprint density at radius 2 is 1.92 bits per heavy atom. The van der Waals surface area contributed by atoms with Crippen LogP contribution in [0.3, 0.4) is 0 Å². The molecule has 72 valence electrons. The summed E-state index contributed by atoms with van der Waals surface area (Å²) in [5, 5.41) is 17.6. The van der Waals surface area contributed by atoms with E-state index in [9.17, 15) is 4.39 Å². The van der Waals surface area contributed by atoms with E-state index in [2.05, 4.69) is 0 Å². The van der Waals surface area contributed by atoms with E-state index >= 15 is 0 Å². The smallest absolute Gasteiger partial charge is 0.123 e. The minimum atomic E-state index is -0.285. The van der Waals surface area contributed by atoms with Gasteiger partial charge < -0.3 is 10.2 Å². The zero-order chi connectivity index (χ0) is 9.68. The molecule has 2 nitrogen and oxygen atoms in total. The van der Waals surface area contributed by atoms with E-state index in [1.807, 2.05) is 0 Å². The molecule has 0 bridgehead atoms. The van der Waals surface area contributed by atoms with Gasteiger partial charge in [-0.05, 0) is 24.1 Å². The van der Waals surface area contributed by atoms with Crippen LogP contribution in [0.25, 0.3) is 0 Å². The van der Waals surface area contributed by atoms with Crippen LogP contribution in [0, 0.1) is 11.7 Å². The lowest BCUT2D eigenvalue weighted by atomic mass is 10.0. The maximum Gasteiger partial charge on any atom is 0.123 e. The van der Waals surface area contributed by atoms with Crippen molar-refractivity contribution in [3.8, 4) is 0 Å². The van der Waals surface area contributed by atoms with Crippen molar-refractivity contribution >= 4 is 0 Å². The maximum absolute atomic E-state index is 12.7. The number of aliphatic hydroxyl groups is 2. The number of rotatable bonds is 4.